The van der Waals surface area contributed by atoms with Crippen molar-refractivity contribution in [3.63, 3.8) is 0 Å². The summed E-state index contributed by atoms with van der Waals surface area (Å²) >= 11 is 0. The third-order valence-corrected chi connectivity index (χ3v) is 6.62. The normalized spacial score (nSPS) is 13.4. The minimum atomic E-state index is -4.55. The topological polar surface area (TPSA) is 95.6 Å². The van der Waals surface area contributed by atoms with Crippen molar-refractivity contribution >= 4 is 21.1 Å². The zero-order valence-electron chi connectivity index (χ0n) is 18.1. The number of halogens is 3. The van der Waals surface area contributed by atoms with Gasteiger partial charge in [-0.05, 0) is 37.3 Å². The van der Waals surface area contributed by atoms with E-state index in [0.717, 1.165) is 12.3 Å². The van der Waals surface area contributed by atoms with Crippen molar-refractivity contribution in [2.45, 2.75) is 20.0 Å². The Bertz CT molecular complexity index is 1320. The van der Waals surface area contributed by atoms with Gasteiger partial charge in [0.2, 0.25) is 0 Å². The highest BCUT2D eigenvalue weighted by atomic mass is 32.2. The lowest BCUT2D eigenvalue weighted by Crippen LogP contribution is -2.09. The molecule has 0 aliphatic carbocycles. The maximum atomic E-state index is 12.8. The highest BCUT2D eigenvalue weighted by molar-refractivity contribution is 7.95. The van der Waals surface area contributed by atoms with Crippen LogP contribution in [0.4, 0.5) is 13.2 Å². The van der Waals surface area contributed by atoms with Gasteiger partial charge in [0.15, 0.2) is 9.84 Å². The standard InChI is InChI=1S/C21H21F3N6O2S/c1-5-33(31,32)19(8-6-14(2)30-13-25-12-27-30)15(3)17-10-18(29(4)28-17)16-7-9-20(26-11-16)21(22,23)24/h6-13H,3,5H2,1-2,4H3/b14-6+,19-8+. The number of pyridine rings is 1. The van der Waals surface area contributed by atoms with Gasteiger partial charge < -0.3 is 0 Å². The summed E-state index contributed by atoms with van der Waals surface area (Å²) in [5.74, 6) is -0.156. The Hall–Kier alpha value is -3.54. The number of hydrogen-bond donors (Lipinski definition) is 0. The Morgan fingerprint density at radius 2 is 1.97 bits per heavy atom. The quantitative estimate of drug-likeness (QED) is 0.477. The maximum Gasteiger partial charge on any atom is 0.433 e. The van der Waals surface area contributed by atoms with E-state index in [4.69, 9.17) is 0 Å². The number of rotatable bonds is 7. The molecule has 0 fully saturated rings. The summed E-state index contributed by atoms with van der Waals surface area (Å²) in [6.07, 6.45) is 2.38. The van der Waals surface area contributed by atoms with Crippen LogP contribution in [-0.4, -0.2) is 43.7 Å². The minimum Gasteiger partial charge on any atom is -0.267 e. The summed E-state index contributed by atoms with van der Waals surface area (Å²) in [6, 6.07) is 3.71. The van der Waals surface area contributed by atoms with Crippen LogP contribution in [0.2, 0.25) is 0 Å². The molecule has 0 spiro atoms. The number of allylic oxidation sites excluding steroid dienone is 4. The van der Waals surface area contributed by atoms with Gasteiger partial charge in [-0.1, -0.05) is 13.5 Å². The summed E-state index contributed by atoms with van der Waals surface area (Å²) in [6.45, 7) is 7.18. The Balaban J connectivity index is 1.99. The van der Waals surface area contributed by atoms with Crippen molar-refractivity contribution in [2.24, 2.45) is 7.05 Å². The monoisotopic (exact) mass is 478 g/mol. The fourth-order valence-electron chi connectivity index (χ4n) is 2.93. The predicted octanol–water partition coefficient (Wildman–Crippen LogP) is 3.99. The second-order valence-corrected chi connectivity index (χ2v) is 9.28. The molecule has 0 atom stereocenters. The first-order valence-corrected chi connectivity index (χ1v) is 11.3. The molecular weight excluding hydrogens is 457 g/mol. The van der Waals surface area contributed by atoms with Crippen LogP contribution in [0.15, 0.2) is 60.7 Å². The summed E-state index contributed by atoms with van der Waals surface area (Å²) in [5, 5.41) is 8.31. The van der Waals surface area contributed by atoms with Crippen LogP contribution in [0.3, 0.4) is 0 Å². The van der Waals surface area contributed by atoms with Crippen molar-refractivity contribution in [3.05, 3.63) is 72.1 Å². The molecule has 0 aliphatic rings. The Morgan fingerprint density at radius 3 is 2.52 bits per heavy atom. The highest BCUT2D eigenvalue weighted by Gasteiger charge is 2.32. The summed E-state index contributed by atoms with van der Waals surface area (Å²) in [7, 11) is -2.08. The molecule has 3 aromatic heterocycles. The van der Waals surface area contributed by atoms with Gasteiger partial charge in [0, 0.05) is 30.1 Å². The van der Waals surface area contributed by atoms with Crippen LogP contribution < -0.4 is 0 Å². The molecule has 8 nitrogen and oxygen atoms in total. The van der Waals surface area contributed by atoms with E-state index < -0.39 is 21.7 Å². The zero-order valence-corrected chi connectivity index (χ0v) is 18.9. The molecule has 33 heavy (non-hydrogen) atoms. The van der Waals surface area contributed by atoms with E-state index in [9.17, 15) is 21.6 Å². The number of nitrogens with zero attached hydrogens (tertiary/aromatic N) is 6. The molecular formula is C21H21F3N6O2S. The Labute approximate surface area is 188 Å². The second-order valence-electron chi connectivity index (χ2n) is 7.03. The molecule has 3 rings (SSSR count). The largest absolute Gasteiger partial charge is 0.433 e. The van der Waals surface area contributed by atoms with Gasteiger partial charge in [-0.15, -0.1) is 0 Å². The average Bonchev–Trinajstić information content (AvgIpc) is 3.43. The lowest BCUT2D eigenvalue weighted by molar-refractivity contribution is -0.141. The van der Waals surface area contributed by atoms with Gasteiger partial charge in [-0.3, -0.25) is 9.67 Å². The van der Waals surface area contributed by atoms with Crippen LogP contribution >= 0.6 is 0 Å². The van der Waals surface area contributed by atoms with E-state index in [1.54, 1.807) is 26.1 Å². The van der Waals surface area contributed by atoms with Gasteiger partial charge in [0.25, 0.3) is 0 Å². The van der Waals surface area contributed by atoms with Crippen molar-refractivity contribution in [1.29, 1.82) is 0 Å². The van der Waals surface area contributed by atoms with E-state index in [-0.39, 0.29) is 21.9 Å². The van der Waals surface area contributed by atoms with Crippen LogP contribution in [0, 0.1) is 0 Å². The maximum absolute atomic E-state index is 12.8. The Kier molecular flexibility index (Phi) is 6.68. The lowest BCUT2D eigenvalue weighted by Gasteiger charge is -2.08. The van der Waals surface area contributed by atoms with Gasteiger partial charge in [0.1, 0.15) is 18.3 Å². The predicted molar refractivity (Wildman–Crippen MR) is 118 cm³/mol. The number of aryl methyl sites for hydroxylation is 1. The number of sulfone groups is 1. The molecule has 0 saturated carbocycles. The number of hydrogen-bond acceptors (Lipinski definition) is 6. The van der Waals surface area contributed by atoms with Crippen molar-refractivity contribution in [2.75, 3.05) is 5.75 Å². The van der Waals surface area contributed by atoms with Crippen LogP contribution in [-0.2, 0) is 23.1 Å². The summed E-state index contributed by atoms with van der Waals surface area (Å²) in [5.41, 5.74) is 0.884. The summed E-state index contributed by atoms with van der Waals surface area (Å²) in [4.78, 5) is 7.29. The molecule has 174 valence electrons. The van der Waals surface area contributed by atoms with E-state index in [0.29, 0.717) is 17.0 Å². The first kappa shape index (κ1) is 24.1. The molecule has 3 aromatic rings. The first-order chi connectivity index (χ1) is 15.4. The smallest absolute Gasteiger partial charge is 0.267 e. The van der Waals surface area contributed by atoms with Gasteiger partial charge in [-0.2, -0.15) is 23.4 Å². The van der Waals surface area contributed by atoms with Gasteiger partial charge >= 0.3 is 6.18 Å². The second kappa shape index (κ2) is 9.14. The third-order valence-electron chi connectivity index (χ3n) is 4.81. The van der Waals surface area contributed by atoms with E-state index >= 15 is 0 Å². The lowest BCUT2D eigenvalue weighted by atomic mass is 10.1. The molecule has 0 aromatic carbocycles. The molecule has 3 heterocycles. The molecule has 0 unspecified atom stereocenters. The van der Waals surface area contributed by atoms with Gasteiger partial charge in [0.05, 0.1) is 22.0 Å². The van der Waals surface area contributed by atoms with E-state index in [2.05, 4.69) is 26.7 Å². The molecule has 12 heteroatoms. The molecule has 0 saturated heterocycles. The zero-order chi connectivity index (χ0) is 24.4. The van der Waals surface area contributed by atoms with Crippen molar-refractivity contribution in [1.82, 2.24) is 29.5 Å². The third kappa shape index (κ3) is 5.28. The fraction of sp³-hybridized carbons (Fsp3) is 0.238. The average molecular weight is 479 g/mol. The van der Waals surface area contributed by atoms with Crippen LogP contribution in [0.1, 0.15) is 25.2 Å². The number of alkyl halides is 3. The molecule has 0 bridgehead atoms. The van der Waals surface area contributed by atoms with Crippen LogP contribution in [0.25, 0.3) is 22.5 Å². The SMILES string of the molecule is C=C(/C(=C\C=C(/C)n1cncn1)S(=O)(=O)CC)c1cc(-c2ccc(C(F)(F)F)nc2)n(C)n1. The summed E-state index contributed by atoms with van der Waals surface area (Å²) < 4.78 is 66.8. The van der Waals surface area contributed by atoms with Crippen molar-refractivity contribution in [3.8, 4) is 11.3 Å². The van der Waals surface area contributed by atoms with E-state index in [1.807, 2.05) is 0 Å². The van der Waals surface area contributed by atoms with E-state index in [1.165, 1.54) is 41.1 Å². The van der Waals surface area contributed by atoms with Crippen molar-refractivity contribution < 1.29 is 21.6 Å². The molecule has 0 aliphatic heterocycles. The van der Waals surface area contributed by atoms with Gasteiger partial charge in [-0.25, -0.2) is 18.1 Å². The molecule has 0 amide bonds. The number of aromatic nitrogens is 6. The minimum absolute atomic E-state index is 0.0281. The fourth-order valence-corrected chi connectivity index (χ4v) is 4.00. The highest BCUT2D eigenvalue weighted by Crippen LogP contribution is 2.31. The molecule has 0 N–H and O–H groups in total. The van der Waals surface area contributed by atoms with Crippen LogP contribution in [0.5, 0.6) is 0 Å². The Morgan fingerprint density at radius 1 is 1.24 bits per heavy atom. The first-order valence-electron chi connectivity index (χ1n) is 9.67. The molecule has 0 radical (unpaired) electrons.